The SMILES string of the molecule is CC(C)N(C)CCCNCCc1ccccn1. The molecule has 3 heteroatoms. The van der Waals surface area contributed by atoms with Gasteiger partial charge in [0.1, 0.15) is 0 Å². The van der Waals surface area contributed by atoms with Crippen molar-refractivity contribution in [1.82, 2.24) is 15.2 Å². The quantitative estimate of drug-likeness (QED) is 0.698. The molecular formula is C14H25N3. The van der Waals surface area contributed by atoms with E-state index in [4.69, 9.17) is 0 Å². The molecule has 0 spiro atoms. The van der Waals surface area contributed by atoms with Crippen LogP contribution < -0.4 is 5.32 Å². The molecule has 1 aromatic rings. The van der Waals surface area contributed by atoms with Gasteiger partial charge in [0.25, 0.3) is 0 Å². The Kier molecular flexibility index (Phi) is 6.82. The van der Waals surface area contributed by atoms with Gasteiger partial charge < -0.3 is 10.2 Å². The number of nitrogens with one attached hydrogen (secondary N) is 1. The van der Waals surface area contributed by atoms with Crippen molar-refractivity contribution < 1.29 is 0 Å². The number of hydrogen-bond donors (Lipinski definition) is 1. The van der Waals surface area contributed by atoms with Crippen molar-refractivity contribution in [3.63, 3.8) is 0 Å². The highest BCUT2D eigenvalue weighted by Gasteiger charge is 2.01. The summed E-state index contributed by atoms with van der Waals surface area (Å²) < 4.78 is 0. The van der Waals surface area contributed by atoms with Gasteiger partial charge in [-0.1, -0.05) is 6.07 Å². The lowest BCUT2D eigenvalue weighted by Crippen LogP contribution is -2.30. The van der Waals surface area contributed by atoms with Crippen LogP contribution in [0, 0.1) is 0 Å². The molecule has 0 aromatic carbocycles. The van der Waals surface area contributed by atoms with Crippen LogP contribution in [0.3, 0.4) is 0 Å². The van der Waals surface area contributed by atoms with E-state index in [1.165, 1.54) is 12.1 Å². The Labute approximate surface area is 105 Å². The van der Waals surface area contributed by atoms with Crippen LogP contribution in [0.25, 0.3) is 0 Å². The first kappa shape index (κ1) is 14.1. The monoisotopic (exact) mass is 235 g/mol. The standard InChI is InChI=1S/C14H25N3/c1-13(2)17(3)12-6-9-15-11-8-14-7-4-5-10-16-14/h4-5,7,10,13,15H,6,8-9,11-12H2,1-3H3. The van der Waals surface area contributed by atoms with Crippen LogP contribution >= 0.6 is 0 Å². The van der Waals surface area contributed by atoms with Crippen LogP contribution in [0.2, 0.25) is 0 Å². The Balaban J connectivity index is 1.98. The van der Waals surface area contributed by atoms with Gasteiger partial charge in [-0.3, -0.25) is 4.98 Å². The van der Waals surface area contributed by atoms with E-state index in [9.17, 15) is 0 Å². The molecule has 0 amide bonds. The van der Waals surface area contributed by atoms with Crippen molar-refractivity contribution in [2.24, 2.45) is 0 Å². The van der Waals surface area contributed by atoms with Gasteiger partial charge in [-0.25, -0.2) is 0 Å². The maximum atomic E-state index is 4.30. The van der Waals surface area contributed by atoms with Gasteiger partial charge in [0, 0.05) is 30.9 Å². The summed E-state index contributed by atoms with van der Waals surface area (Å²) in [6, 6.07) is 6.72. The maximum Gasteiger partial charge on any atom is 0.0416 e. The van der Waals surface area contributed by atoms with Crippen molar-refractivity contribution in [1.29, 1.82) is 0 Å². The van der Waals surface area contributed by atoms with Crippen molar-refractivity contribution in [3.05, 3.63) is 30.1 Å². The molecule has 0 bridgehead atoms. The van der Waals surface area contributed by atoms with Gasteiger partial charge in [0.15, 0.2) is 0 Å². The zero-order valence-corrected chi connectivity index (χ0v) is 11.3. The molecule has 1 N–H and O–H groups in total. The minimum Gasteiger partial charge on any atom is -0.316 e. The van der Waals surface area contributed by atoms with Gasteiger partial charge in [0.2, 0.25) is 0 Å². The molecule has 0 radical (unpaired) electrons. The highest BCUT2D eigenvalue weighted by molar-refractivity contribution is 5.03. The Morgan fingerprint density at radius 1 is 1.29 bits per heavy atom. The number of nitrogens with zero attached hydrogens (tertiary/aromatic N) is 2. The Hall–Kier alpha value is -0.930. The fourth-order valence-electron chi connectivity index (χ4n) is 1.60. The van der Waals surface area contributed by atoms with Crippen molar-refractivity contribution in [2.45, 2.75) is 32.7 Å². The van der Waals surface area contributed by atoms with Gasteiger partial charge in [-0.2, -0.15) is 0 Å². The summed E-state index contributed by atoms with van der Waals surface area (Å²) in [5.74, 6) is 0. The van der Waals surface area contributed by atoms with Gasteiger partial charge >= 0.3 is 0 Å². The Bertz CT molecular complexity index is 285. The van der Waals surface area contributed by atoms with E-state index in [1.54, 1.807) is 0 Å². The first-order valence-corrected chi connectivity index (χ1v) is 6.51. The number of hydrogen-bond acceptors (Lipinski definition) is 3. The average molecular weight is 235 g/mol. The normalized spacial score (nSPS) is 11.4. The lowest BCUT2D eigenvalue weighted by atomic mass is 10.2. The largest absolute Gasteiger partial charge is 0.316 e. The van der Waals surface area contributed by atoms with E-state index >= 15 is 0 Å². The predicted octanol–water partition coefficient (Wildman–Crippen LogP) is 1.94. The molecule has 0 saturated carbocycles. The molecule has 96 valence electrons. The van der Waals surface area contributed by atoms with Crippen LogP contribution in [0.15, 0.2) is 24.4 Å². The molecule has 0 unspecified atom stereocenters. The zero-order chi connectivity index (χ0) is 12.5. The van der Waals surface area contributed by atoms with Crippen LogP contribution in [-0.2, 0) is 6.42 Å². The predicted molar refractivity (Wildman–Crippen MR) is 73.2 cm³/mol. The molecule has 1 rings (SSSR count). The topological polar surface area (TPSA) is 28.2 Å². The zero-order valence-electron chi connectivity index (χ0n) is 11.3. The number of aromatic nitrogens is 1. The van der Waals surface area contributed by atoms with E-state index in [-0.39, 0.29) is 0 Å². The third kappa shape index (κ3) is 6.39. The first-order valence-electron chi connectivity index (χ1n) is 6.51. The van der Waals surface area contributed by atoms with E-state index < -0.39 is 0 Å². The smallest absolute Gasteiger partial charge is 0.0416 e. The average Bonchev–Trinajstić information content (AvgIpc) is 2.34. The fraction of sp³-hybridized carbons (Fsp3) is 0.643. The molecule has 1 heterocycles. The second-order valence-electron chi connectivity index (χ2n) is 4.75. The molecule has 0 aliphatic heterocycles. The molecule has 0 saturated heterocycles. The van der Waals surface area contributed by atoms with Gasteiger partial charge in [-0.05, 0) is 52.5 Å². The van der Waals surface area contributed by atoms with E-state index in [1.807, 2.05) is 18.3 Å². The molecule has 0 aliphatic rings. The lowest BCUT2D eigenvalue weighted by molar-refractivity contribution is 0.269. The Morgan fingerprint density at radius 2 is 2.12 bits per heavy atom. The molecule has 17 heavy (non-hydrogen) atoms. The highest BCUT2D eigenvalue weighted by Crippen LogP contribution is 1.95. The molecular weight excluding hydrogens is 210 g/mol. The third-order valence-electron chi connectivity index (χ3n) is 3.03. The van der Waals surface area contributed by atoms with Crippen LogP contribution in [0.5, 0.6) is 0 Å². The number of pyridine rings is 1. The second-order valence-corrected chi connectivity index (χ2v) is 4.75. The fourth-order valence-corrected chi connectivity index (χ4v) is 1.60. The second kappa shape index (κ2) is 8.20. The summed E-state index contributed by atoms with van der Waals surface area (Å²) in [5, 5.41) is 3.46. The molecule has 0 fully saturated rings. The Morgan fingerprint density at radius 3 is 2.76 bits per heavy atom. The van der Waals surface area contributed by atoms with Gasteiger partial charge in [-0.15, -0.1) is 0 Å². The minimum atomic E-state index is 0.642. The van der Waals surface area contributed by atoms with E-state index in [2.05, 4.69) is 42.2 Å². The summed E-state index contributed by atoms with van der Waals surface area (Å²) >= 11 is 0. The van der Waals surface area contributed by atoms with Crippen molar-refractivity contribution >= 4 is 0 Å². The third-order valence-corrected chi connectivity index (χ3v) is 3.03. The summed E-state index contributed by atoms with van der Waals surface area (Å²) in [5.41, 5.74) is 1.17. The summed E-state index contributed by atoms with van der Waals surface area (Å²) in [6.07, 6.45) is 4.07. The van der Waals surface area contributed by atoms with E-state index in [0.717, 1.165) is 26.1 Å². The minimum absolute atomic E-state index is 0.642. The molecule has 1 aromatic heterocycles. The lowest BCUT2D eigenvalue weighted by Gasteiger charge is -2.20. The van der Waals surface area contributed by atoms with E-state index in [0.29, 0.717) is 6.04 Å². The molecule has 0 aliphatic carbocycles. The summed E-state index contributed by atoms with van der Waals surface area (Å²) in [7, 11) is 2.18. The summed E-state index contributed by atoms with van der Waals surface area (Å²) in [4.78, 5) is 6.68. The van der Waals surface area contributed by atoms with Crippen molar-refractivity contribution in [3.8, 4) is 0 Å². The molecule has 3 nitrogen and oxygen atoms in total. The first-order chi connectivity index (χ1) is 8.20. The van der Waals surface area contributed by atoms with Crippen LogP contribution in [0.4, 0.5) is 0 Å². The maximum absolute atomic E-state index is 4.30. The van der Waals surface area contributed by atoms with Crippen LogP contribution in [-0.4, -0.2) is 42.6 Å². The van der Waals surface area contributed by atoms with Gasteiger partial charge in [0.05, 0.1) is 0 Å². The van der Waals surface area contributed by atoms with Crippen LogP contribution in [0.1, 0.15) is 26.0 Å². The number of rotatable bonds is 8. The van der Waals surface area contributed by atoms with Crippen molar-refractivity contribution in [2.75, 3.05) is 26.7 Å². The summed E-state index contributed by atoms with van der Waals surface area (Å²) in [6.45, 7) is 7.73. The molecule has 0 atom stereocenters. The highest BCUT2D eigenvalue weighted by atomic mass is 15.1.